The van der Waals surface area contributed by atoms with Crippen molar-refractivity contribution in [2.24, 2.45) is 0 Å². The lowest BCUT2D eigenvalue weighted by molar-refractivity contribution is -0.0100. The molecule has 1 heterocycles. The molecule has 0 aliphatic heterocycles. The first-order valence-corrected chi connectivity index (χ1v) is 32.5. The molecule has 2 fully saturated rings. The van der Waals surface area contributed by atoms with Crippen molar-refractivity contribution in [3.8, 4) is 34.3 Å². The summed E-state index contributed by atoms with van der Waals surface area (Å²) in [5, 5.41) is 2.93. The smallest absolute Gasteiger partial charge is 0.417 e. The molecule has 0 bridgehead atoms. The van der Waals surface area contributed by atoms with Gasteiger partial charge in [0.05, 0.1) is 40.9 Å². The van der Waals surface area contributed by atoms with Gasteiger partial charge in [-0.25, -0.2) is 65.3 Å². The molecule has 6 aromatic carbocycles. The molecule has 0 unspecified atom stereocenters. The number of aromatic nitrogens is 3. The van der Waals surface area contributed by atoms with Gasteiger partial charge in [-0.3, -0.25) is 16.0 Å². The number of hydrogen-bond acceptors (Lipinski definition) is 19. The number of alkyl halides is 2. The van der Waals surface area contributed by atoms with Gasteiger partial charge in [0.25, 0.3) is 0 Å². The molecular weight excluding hydrogens is 1480 g/mol. The highest BCUT2D eigenvalue weighted by Crippen LogP contribution is 2.36. The minimum atomic E-state index is -6.11. The maximum atomic E-state index is 15.1. The molecule has 1 aromatic heterocycles. The van der Waals surface area contributed by atoms with E-state index in [0.29, 0.717) is 56.1 Å². The molecule has 2 aliphatic carbocycles. The Balaban J connectivity index is 0.987. The van der Waals surface area contributed by atoms with Crippen LogP contribution in [0.1, 0.15) is 113 Å². The van der Waals surface area contributed by atoms with Crippen molar-refractivity contribution in [1.29, 1.82) is 0 Å². The van der Waals surface area contributed by atoms with E-state index < -0.39 is 93.0 Å². The van der Waals surface area contributed by atoms with E-state index >= 15 is 14.4 Å². The van der Waals surface area contributed by atoms with Gasteiger partial charge in [0.2, 0.25) is 0 Å². The van der Waals surface area contributed by atoms with Crippen LogP contribution in [0, 0.1) is 27.9 Å². The van der Waals surface area contributed by atoms with E-state index in [-0.39, 0.29) is 81.8 Å². The van der Waals surface area contributed by atoms with Crippen molar-refractivity contribution in [1.82, 2.24) is 13.7 Å². The monoisotopic (exact) mass is 1540 g/mol. The zero-order valence-corrected chi connectivity index (χ0v) is 55.9. The predicted molar refractivity (Wildman–Crippen MR) is 351 cm³/mol. The van der Waals surface area contributed by atoms with Gasteiger partial charge >= 0.3 is 58.5 Å². The summed E-state index contributed by atoms with van der Waals surface area (Å²) >= 11 is 3.53. The number of ether oxygens (including phenoxy) is 7. The second-order valence-corrected chi connectivity index (χ2v) is 26.4. The highest BCUT2D eigenvalue weighted by atomic mass is 127. The molecule has 0 saturated heterocycles. The van der Waals surface area contributed by atoms with Gasteiger partial charge in [0.15, 0.2) is 16.7 Å². The molecule has 30 heteroatoms. The summed E-state index contributed by atoms with van der Waals surface area (Å²) in [4.78, 5) is 124. The maximum absolute atomic E-state index is 15.1. The van der Waals surface area contributed by atoms with Gasteiger partial charge < -0.3 is 37.7 Å². The fourth-order valence-electron chi connectivity index (χ4n) is 10.3. The minimum absolute atomic E-state index is 0.00655. The van der Waals surface area contributed by atoms with E-state index in [4.69, 9.17) is 28.4 Å². The van der Waals surface area contributed by atoms with Gasteiger partial charge in [-0.05, 0) is 233 Å². The van der Waals surface area contributed by atoms with Gasteiger partial charge in [-0.15, -0.1) is 0 Å². The van der Waals surface area contributed by atoms with E-state index in [1.54, 1.807) is 66.0 Å². The van der Waals surface area contributed by atoms with Crippen molar-refractivity contribution in [3.63, 3.8) is 0 Å². The SMILES string of the molecule is Cc1ccc(-n2c(=O)n(-c3ccc(C)c(NC(=O)Oc4cccc(C(=O)OC5(C)CCCC5)c4)c3)c(=O)n(-c3ccc(C)c(NC(=O)Oc4cccc(C(=O)OC5(C)CCCC5)c4)c3)c2=O)cc1NC(=O)OCCOc1c(I)cc(C(=O)OCC(F)(F)S(=O)(=O)[O-])cc1I. The van der Waals surface area contributed by atoms with Crippen LogP contribution in [0.5, 0.6) is 17.2 Å². The Labute approximate surface area is 562 Å². The highest BCUT2D eigenvalue weighted by Gasteiger charge is 2.40. The number of carbonyl (C=O) groups excluding carboxylic acids is 6. The zero-order chi connectivity index (χ0) is 68.0. The Hall–Kier alpha value is -9.02. The minimum Gasteiger partial charge on any atom is -0.743 e. The Kier molecular flexibility index (Phi) is 21.2. The first kappa shape index (κ1) is 69.3. The van der Waals surface area contributed by atoms with Crippen LogP contribution in [-0.4, -0.2) is 99.1 Å². The molecule has 9 rings (SSSR count). The fourth-order valence-corrected chi connectivity index (χ4v) is 12.6. The van der Waals surface area contributed by atoms with E-state index in [1.807, 2.05) is 13.8 Å². The third-order valence-electron chi connectivity index (χ3n) is 15.4. The Morgan fingerprint density at radius 2 is 0.915 bits per heavy atom. The predicted octanol–water partition coefficient (Wildman–Crippen LogP) is 11.4. The second-order valence-electron chi connectivity index (χ2n) is 22.6. The topological polar surface area (TPSA) is 326 Å². The second kappa shape index (κ2) is 28.7. The van der Waals surface area contributed by atoms with Gasteiger partial charge in [-0.1, -0.05) is 30.3 Å². The maximum Gasteiger partial charge on any atom is 0.417 e. The lowest BCUT2D eigenvalue weighted by Crippen LogP contribution is -2.52. The van der Waals surface area contributed by atoms with Crippen LogP contribution in [-0.2, 0) is 29.1 Å². The van der Waals surface area contributed by atoms with Crippen molar-refractivity contribution in [3.05, 3.63) is 187 Å². The average Bonchev–Trinajstić information content (AvgIpc) is 0.874. The molecular formula is C64H59F2I2N6O19S-. The van der Waals surface area contributed by atoms with Crippen LogP contribution in [0.3, 0.4) is 0 Å². The molecule has 0 spiro atoms. The summed E-state index contributed by atoms with van der Waals surface area (Å²) in [5.41, 5.74) is -4.03. The highest BCUT2D eigenvalue weighted by molar-refractivity contribution is 14.1. The van der Waals surface area contributed by atoms with E-state index in [1.165, 1.54) is 115 Å². The number of anilines is 3. The van der Waals surface area contributed by atoms with Crippen molar-refractivity contribution >= 4 is 109 Å². The molecule has 3 amide bonds. The molecule has 94 heavy (non-hydrogen) atoms. The Morgan fingerprint density at radius 1 is 0.532 bits per heavy atom. The number of nitrogens with one attached hydrogen (secondary N) is 3. The van der Waals surface area contributed by atoms with E-state index in [2.05, 4.69) is 20.7 Å². The van der Waals surface area contributed by atoms with Crippen LogP contribution in [0.2, 0.25) is 0 Å². The average molecular weight is 1540 g/mol. The van der Waals surface area contributed by atoms with Crippen LogP contribution < -0.4 is 47.2 Å². The van der Waals surface area contributed by atoms with Crippen molar-refractivity contribution < 1.29 is 83.7 Å². The zero-order valence-electron chi connectivity index (χ0n) is 50.8. The van der Waals surface area contributed by atoms with Crippen LogP contribution in [0.15, 0.2) is 130 Å². The van der Waals surface area contributed by atoms with Gasteiger partial charge in [0, 0.05) is 17.1 Å². The van der Waals surface area contributed by atoms with Gasteiger partial charge in [0.1, 0.15) is 41.7 Å². The van der Waals surface area contributed by atoms with Crippen LogP contribution >= 0.6 is 45.2 Å². The number of amides is 3. The largest absolute Gasteiger partial charge is 0.743 e. The van der Waals surface area contributed by atoms with Gasteiger partial charge in [-0.2, -0.15) is 8.78 Å². The molecule has 494 valence electrons. The Bertz CT molecular complexity index is 4280. The number of carbonyl (C=O) groups is 6. The van der Waals surface area contributed by atoms with Crippen molar-refractivity contribution in [2.75, 3.05) is 35.8 Å². The number of rotatable bonds is 20. The summed E-state index contributed by atoms with van der Waals surface area (Å²) in [6.45, 7) is 5.88. The number of halogens is 4. The van der Waals surface area contributed by atoms with Crippen LogP contribution in [0.25, 0.3) is 17.1 Å². The lowest BCUT2D eigenvalue weighted by Gasteiger charge is -2.24. The molecule has 3 N–H and O–H groups in total. The molecule has 7 aromatic rings. The molecule has 25 nitrogen and oxygen atoms in total. The van der Waals surface area contributed by atoms with Crippen molar-refractivity contribution in [2.45, 2.75) is 102 Å². The quantitative estimate of drug-likeness (QED) is 0.0210. The number of benzene rings is 6. The molecule has 0 atom stereocenters. The first-order valence-electron chi connectivity index (χ1n) is 29.0. The summed E-state index contributed by atoms with van der Waals surface area (Å²) in [5.74, 6) is -2.37. The first-order chi connectivity index (χ1) is 44.4. The lowest BCUT2D eigenvalue weighted by atomic mass is 10.1. The normalized spacial score (nSPS) is 14.1. The van der Waals surface area contributed by atoms with E-state index in [0.717, 1.165) is 25.7 Å². The third-order valence-corrected chi connectivity index (χ3v) is 17.8. The third kappa shape index (κ3) is 16.5. The standard InChI is InChI=1S/C64H60F2I2N6O19S/c1-36-16-19-42(32-49(36)69-56(78)88-27-26-87-52-47(67)30-41(31-48(52)68)53(75)89-35-64(65,66)94(84,85)86)72-59(81)73(43-20-17-37(2)50(33-43)70-57(79)90-45-14-10-12-39(28-45)54(76)92-62(4)22-6-7-23-62)61(83)74(60(72)82)44-21-18-38(3)51(34-44)71-58(80)91-46-15-11-13-40(29-46)55(77)93-63(5)24-8-9-25-63/h10-21,28-34H,6-9,22-27,35H2,1-5H3,(H,69,78)(H,70,79)(H,71,80)(H,84,85,86)/p-1. The summed E-state index contributed by atoms with van der Waals surface area (Å²) < 4.78 is 101. The Morgan fingerprint density at radius 3 is 1.30 bits per heavy atom. The molecule has 2 saturated carbocycles. The summed E-state index contributed by atoms with van der Waals surface area (Å²) in [6.07, 6.45) is 3.44. The van der Waals surface area contributed by atoms with Crippen LogP contribution in [0.4, 0.5) is 40.2 Å². The van der Waals surface area contributed by atoms with E-state index in [9.17, 15) is 50.5 Å². The molecule has 0 radical (unpaired) electrons. The summed E-state index contributed by atoms with van der Waals surface area (Å²) in [6, 6.07) is 26.5. The summed E-state index contributed by atoms with van der Waals surface area (Å²) in [7, 11) is -6.11. The molecule has 2 aliphatic rings. The number of aryl methyl sites for hydroxylation is 3. The fraction of sp³-hybridized carbons (Fsp3) is 0.297. The number of hydrogen-bond donors (Lipinski definition) is 3. The number of esters is 3. The number of nitrogens with zero attached hydrogens (tertiary/aromatic N) is 3.